The van der Waals surface area contributed by atoms with Gasteiger partial charge in [0.1, 0.15) is 59.3 Å². The van der Waals surface area contributed by atoms with Gasteiger partial charge in [0.2, 0.25) is 23.6 Å². The first-order valence-electron chi connectivity index (χ1n) is 24.6. The second-order valence-corrected chi connectivity index (χ2v) is 18.0. The summed E-state index contributed by atoms with van der Waals surface area (Å²) >= 11 is 0. The Labute approximate surface area is 420 Å². The summed E-state index contributed by atoms with van der Waals surface area (Å²) in [5.41, 5.74) is 27.0. The summed E-state index contributed by atoms with van der Waals surface area (Å²) in [6.07, 6.45) is 7.98. The Balaban J connectivity index is 1.34. The summed E-state index contributed by atoms with van der Waals surface area (Å²) < 4.78 is 18.8. The Morgan fingerprint density at radius 2 is 1.51 bits per heavy atom. The topological polar surface area (TPSA) is 318 Å². The van der Waals surface area contributed by atoms with E-state index >= 15 is 0 Å². The number of nitrogens with two attached hydrogens (primary N) is 4. The van der Waals surface area contributed by atoms with Crippen molar-refractivity contribution in [3.8, 4) is 45.8 Å². The van der Waals surface area contributed by atoms with E-state index in [1.807, 2.05) is 30.3 Å². The number of ether oxygens (including phenoxy) is 3. The van der Waals surface area contributed by atoms with Crippen LogP contribution in [-0.4, -0.2) is 115 Å². The predicted molar refractivity (Wildman–Crippen MR) is 271 cm³/mol. The van der Waals surface area contributed by atoms with Crippen LogP contribution in [0.2, 0.25) is 0 Å². The Morgan fingerprint density at radius 3 is 2.14 bits per heavy atom. The summed E-state index contributed by atoms with van der Waals surface area (Å²) in [7, 11) is 1.41. The predicted octanol–water partition coefficient (Wildman–Crippen LogP) is 3.09. The van der Waals surface area contributed by atoms with Crippen LogP contribution in [0, 0.1) is 18.3 Å². The van der Waals surface area contributed by atoms with E-state index in [1.54, 1.807) is 43.3 Å². The maximum absolute atomic E-state index is 14.8. The van der Waals surface area contributed by atoms with Gasteiger partial charge in [0.05, 0.1) is 31.1 Å². The van der Waals surface area contributed by atoms with Crippen molar-refractivity contribution in [2.24, 2.45) is 17.2 Å². The standard InChI is InChI=1S/C52H68N12O8/c1-31-44(46(57)63-47(59-31)34-13-16-37(17-14-34)72-36-10-6-4-5-7-11-36)50(67)61-40(20-23-55)52(69)64(3)45-35-15-19-43(71-27-9-22-54)39(30-35)38-28-33(12-18-42(38)70-26-8-21-53)29-41(49(66)58-25-24-56)62-48(65)32(2)60-51(45)68/h12-19,28,30,32,36,40-41,45H,4-11,20-23,25-27,29,53-55H2,1-3H3,(H,58,66)(H,60,68)(H,61,67)(H,62,65)(H2,57,59,63). The summed E-state index contributed by atoms with van der Waals surface area (Å²) in [5, 5.41) is 20.0. The quantitative estimate of drug-likeness (QED) is 0.0380. The minimum Gasteiger partial charge on any atom is -0.493 e. The molecule has 1 aliphatic carbocycles. The van der Waals surface area contributed by atoms with E-state index in [-0.39, 0.29) is 62.3 Å². The zero-order chi connectivity index (χ0) is 51.7. The first-order chi connectivity index (χ1) is 34.8. The number of rotatable bonds is 19. The van der Waals surface area contributed by atoms with Gasteiger partial charge in [0, 0.05) is 30.2 Å². The molecule has 2 aliphatic rings. The van der Waals surface area contributed by atoms with Crippen molar-refractivity contribution in [1.82, 2.24) is 36.1 Å². The van der Waals surface area contributed by atoms with Crippen LogP contribution in [0.3, 0.4) is 0 Å². The van der Waals surface area contributed by atoms with Gasteiger partial charge in [-0.05, 0) is 138 Å². The van der Waals surface area contributed by atoms with Gasteiger partial charge in [-0.2, -0.15) is 5.26 Å². The number of amides is 5. The van der Waals surface area contributed by atoms with E-state index < -0.39 is 53.7 Å². The molecule has 4 unspecified atom stereocenters. The maximum Gasteiger partial charge on any atom is 0.257 e. The molecule has 1 aromatic heterocycles. The molecule has 5 amide bonds. The van der Waals surface area contributed by atoms with Gasteiger partial charge in [0.25, 0.3) is 5.91 Å². The number of benzene rings is 3. The first-order valence-corrected chi connectivity index (χ1v) is 24.6. The van der Waals surface area contributed by atoms with Gasteiger partial charge in [-0.3, -0.25) is 24.0 Å². The fourth-order valence-corrected chi connectivity index (χ4v) is 8.79. The lowest BCUT2D eigenvalue weighted by Gasteiger charge is -2.32. The van der Waals surface area contributed by atoms with E-state index in [1.165, 1.54) is 31.7 Å². The molecule has 4 atom stereocenters. The molecule has 72 heavy (non-hydrogen) atoms. The molecular formula is C52H68N12O8. The number of likely N-dealkylation sites (N-methyl/N-ethyl adjacent to an activating group) is 1. The smallest absolute Gasteiger partial charge is 0.257 e. The van der Waals surface area contributed by atoms with Gasteiger partial charge in [-0.15, -0.1) is 0 Å². The van der Waals surface area contributed by atoms with E-state index in [9.17, 15) is 29.2 Å². The van der Waals surface area contributed by atoms with Crippen molar-refractivity contribution in [2.75, 3.05) is 52.2 Å². The Bertz CT molecular complexity index is 2560. The number of hydrogen-bond donors (Lipinski definition) is 8. The molecule has 0 radical (unpaired) electrons. The third-order valence-corrected chi connectivity index (χ3v) is 12.6. The van der Waals surface area contributed by atoms with Crippen LogP contribution < -0.4 is 58.4 Å². The van der Waals surface area contributed by atoms with Crippen molar-refractivity contribution in [2.45, 2.75) is 108 Å². The van der Waals surface area contributed by atoms with Gasteiger partial charge >= 0.3 is 0 Å². The van der Waals surface area contributed by atoms with E-state index in [2.05, 4.69) is 31.2 Å². The summed E-state index contributed by atoms with van der Waals surface area (Å²) in [4.78, 5) is 81.2. The number of nitrogens with zero attached hydrogens (tertiary/aromatic N) is 4. The third-order valence-electron chi connectivity index (χ3n) is 12.6. The average molecular weight is 989 g/mol. The highest BCUT2D eigenvalue weighted by Gasteiger charge is 2.36. The van der Waals surface area contributed by atoms with E-state index in [0.29, 0.717) is 71.1 Å². The van der Waals surface area contributed by atoms with Crippen LogP contribution in [0.25, 0.3) is 22.5 Å². The van der Waals surface area contributed by atoms with Crippen LogP contribution in [0.15, 0.2) is 60.7 Å². The van der Waals surface area contributed by atoms with E-state index in [4.69, 9.17) is 37.1 Å². The third kappa shape index (κ3) is 14.0. The van der Waals surface area contributed by atoms with Crippen LogP contribution in [0.5, 0.6) is 17.2 Å². The van der Waals surface area contributed by atoms with Crippen molar-refractivity contribution in [3.05, 3.63) is 83.0 Å². The number of nitrogen functional groups attached to an aromatic ring is 1. The minimum absolute atomic E-state index is 0.00228. The number of nitrogens with one attached hydrogen (secondary N) is 4. The average Bonchev–Trinajstić information content (AvgIpc) is 3.64. The first kappa shape index (κ1) is 54.0. The Kier molecular flexibility index (Phi) is 19.7. The molecular weight excluding hydrogens is 921 g/mol. The van der Waals surface area contributed by atoms with Gasteiger partial charge in [-0.1, -0.05) is 25.0 Å². The zero-order valence-electron chi connectivity index (χ0n) is 41.3. The molecule has 1 fully saturated rings. The number of aromatic nitrogens is 2. The van der Waals surface area contributed by atoms with Gasteiger partial charge < -0.3 is 63.3 Å². The number of hydrogen-bond acceptors (Lipinski definition) is 15. The molecule has 6 rings (SSSR count). The normalized spacial score (nSPS) is 17.7. The molecule has 0 spiro atoms. The molecule has 0 saturated heterocycles. The van der Waals surface area contributed by atoms with Crippen LogP contribution >= 0.6 is 0 Å². The highest BCUT2D eigenvalue weighted by Crippen LogP contribution is 2.40. The molecule has 12 N–H and O–H groups in total. The van der Waals surface area contributed by atoms with Crippen molar-refractivity contribution in [3.63, 3.8) is 0 Å². The highest BCUT2D eigenvalue weighted by molar-refractivity contribution is 6.02. The van der Waals surface area contributed by atoms with E-state index in [0.717, 1.165) is 31.4 Å². The van der Waals surface area contributed by atoms with Crippen LogP contribution in [0.1, 0.15) is 97.9 Å². The molecule has 20 nitrogen and oxygen atoms in total. The lowest BCUT2D eigenvalue weighted by atomic mass is 9.93. The number of aryl methyl sites for hydroxylation is 1. The number of carbonyl (C=O) groups excluding carboxylic acids is 5. The monoisotopic (exact) mass is 989 g/mol. The molecule has 20 heteroatoms. The Morgan fingerprint density at radius 1 is 0.861 bits per heavy atom. The van der Waals surface area contributed by atoms with Gasteiger partial charge in [0.15, 0.2) is 5.82 Å². The number of carbonyl (C=O) groups is 5. The highest BCUT2D eigenvalue weighted by atomic mass is 16.5. The molecule has 3 aromatic carbocycles. The summed E-state index contributed by atoms with van der Waals surface area (Å²) in [6, 6.07) is 14.5. The minimum atomic E-state index is -1.43. The molecule has 384 valence electrons. The second kappa shape index (κ2) is 26.2. The molecule has 1 saturated carbocycles. The van der Waals surface area contributed by atoms with Crippen LogP contribution in [0.4, 0.5) is 5.82 Å². The fraction of sp³-hybridized carbons (Fsp3) is 0.462. The fourth-order valence-electron chi connectivity index (χ4n) is 8.79. The molecule has 4 bridgehead atoms. The van der Waals surface area contributed by atoms with Crippen molar-refractivity contribution in [1.29, 1.82) is 5.26 Å². The summed E-state index contributed by atoms with van der Waals surface area (Å²) in [6.45, 7) is 3.97. The Hall–Kier alpha value is -7.34. The molecule has 4 aromatic rings. The largest absolute Gasteiger partial charge is 0.493 e. The number of fused-ring (bicyclic) bond motifs is 5. The van der Waals surface area contributed by atoms with Crippen molar-refractivity contribution >= 4 is 35.4 Å². The second-order valence-electron chi connectivity index (χ2n) is 18.0. The van der Waals surface area contributed by atoms with Gasteiger partial charge in [-0.25, -0.2) is 9.97 Å². The number of nitriles is 1. The van der Waals surface area contributed by atoms with Crippen LogP contribution in [-0.2, 0) is 25.6 Å². The molecule has 2 heterocycles. The number of anilines is 1. The lowest BCUT2D eigenvalue weighted by molar-refractivity contribution is -0.141. The maximum atomic E-state index is 14.8. The lowest BCUT2D eigenvalue weighted by Crippen LogP contribution is -2.56. The summed E-state index contributed by atoms with van der Waals surface area (Å²) in [5.74, 6) is -1.75. The molecule has 1 aliphatic heterocycles. The zero-order valence-corrected chi connectivity index (χ0v) is 41.3. The van der Waals surface area contributed by atoms with Crippen molar-refractivity contribution < 1.29 is 38.2 Å². The SMILES string of the molecule is Cc1nc(-c2ccc(OC3CCCCCC3)cc2)nc(N)c1C(=O)NC(CCN)C(=O)N(C)C1C(=O)NC(C)C(=O)NC(C(=O)NCC#N)Cc2ccc(OCCCN)c(c2)-c2cc1ccc2OCCCN.